The largest absolute Gasteiger partial charge is 0.463 e. The highest BCUT2D eigenvalue weighted by atomic mass is 19.1. The number of benzene rings is 1. The van der Waals surface area contributed by atoms with Gasteiger partial charge in [-0.25, -0.2) is 9.07 Å². The van der Waals surface area contributed by atoms with E-state index in [1.807, 2.05) is 0 Å². The van der Waals surface area contributed by atoms with Gasteiger partial charge in [0.1, 0.15) is 11.5 Å². The molecule has 2 aromatic heterocycles. The molecule has 3 aromatic rings. The Morgan fingerprint density at radius 3 is 2.54 bits per heavy atom. The van der Waals surface area contributed by atoms with Crippen molar-refractivity contribution < 1.29 is 13.6 Å². The molecule has 0 spiro atoms. The zero-order chi connectivity index (χ0) is 19.5. The van der Waals surface area contributed by atoms with Crippen LogP contribution < -0.4 is 5.56 Å². The van der Waals surface area contributed by atoms with E-state index >= 15 is 0 Å². The maximum atomic E-state index is 13.0. The van der Waals surface area contributed by atoms with Gasteiger partial charge in [0.15, 0.2) is 5.76 Å². The third-order valence-corrected chi connectivity index (χ3v) is 5.03. The van der Waals surface area contributed by atoms with Gasteiger partial charge in [0.2, 0.25) is 5.91 Å². The number of hydrogen-bond acceptors (Lipinski definition) is 4. The first-order valence-electron chi connectivity index (χ1n) is 9.26. The molecule has 0 N–H and O–H groups in total. The summed E-state index contributed by atoms with van der Waals surface area (Å²) < 4.78 is 19.9. The number of carbonyl (C=O) groups excluding carboxylic acids is 1. The van der Waals surface area contributed by atoms with Gasteiger partial charge in [0, 0.05) is 19.2 Å². The number of aromatic nitrogens is 2. The smallest absolute Gasteiger partial charge is 0.267 e. The fourth-order valence-corrected chi connectivity index (χ4v) is 3.49. The van der Waals surface area contributed by atoms with Crippen LogP contribution in [0.4, 0.5) is 4.39 Å². The monoisotopic (exact) mass is 381 g/mol. The third kappa shape index (κ3) is 3.88. The minimum absolute atomic E-state index is 0.00898. The SMILES string of the molecule is O=C(Cc1ccc(F)cc1)N1CCC(n2nc(-c3ccco3)ccc2=O)CC1. The highest BCUT2D eigenvalue weighted by molar-refractivity contribution is 5.78. The van der Waals surface area contributed by atoms with Crippen LogP contribution in [0.5, 0.6) is 0 Å². The van der Waals surface area contributed by atoms with E-state index in [1.54, 1.807) is 41.5 Å². The number of rotatable bonds is 4. The maximum absolute atomic E-state index is 13.0. The molecule has 0 aliphatic carbocycles. The summed E-state index contributed by atoms with van der Waals surface area (Å²) in [6, 6.07) is 12.6. The second kappa shape index (κ2) is 7.80. The van der Waals surface area contributed by atoms with E-state index in [0.717, 1.165) is 5.56 Å². The number of hydrogen-bond donors (Lipinski definition) is 0. The Morgan fingerprint density at radius 1 is 1.11 bits per heavy atom. The van der Waals surface area contributed by atoms with Crippen LogP contribution in [-0.4, -0.2) is 33.7 Å². The summed E-state index contributed by atoms with van der Waals surface area (Å²) in [7, 11) is 0. The number of halogens is 1. The predicted molar refractivity (Wildman–Crippen MR) is 101 cm³/mol. The molecule has 1 amide bonds. The Morgan fingerprint density at radius 2 is 1.86 bits per heavy atom. The zero-order valence-electron chi connectivity index (χ0n) is 15.3. The van der Waals surface area contributed by atoms with Crippen molar-refractivity contribution in [3.05, 3.63) is 76.5 Å². The number of piperidine rings is 1. The van der Waals surface area contributed by atoms with Gasteiger partial charge in [-0.1, -0.05) is 12.1 Å². The molecule has 3 heterocycles. The summed E-state index contributed by atoms with van der Waals surface area (Å²) in [5.41, 5.74) is 1.24. The van der Waals surface area contributed by atoms with Crippen molar-refractivity contribution in [2.45, 2.75) is 25.3 Å². The van der Waals surface area contributed by atoms with E-state index in [-0.39, 0.29) is 29.7 Å². The molecule has 6 nitrogen and oxygen atoms in total. The fraction of sp³-hybridized carbons (Fsp3) is 0.286. The lowest BCUT2D eigenvalue weighted by atomic mass is 10.0. The standard InChI is InChI=1S/C21H20FN3O3/c22-16-5-3-15(4-6-16)14-21(27)24-11-9-17(10-12-24)25-20(26)8-7-18(23-25)19-2-1-13-28-19/h1-8,13,17H,9-12,14H2. The van der Waals surface area contributed by atoms with Crippen molar-refractivity contribution in [2.75, 3.05) is 13.1 Å². The van der Waals surface area contributed by atoms with Gasteiger partial charge in [-0.15, -0.1) is 0 Å². The third-order valence-electron chi connectivity index (χ3n) is 5.03. The van der Waals surface area contributed by atoms with E-state index in [9.17, 15) is 14.0 Å². The lowest BCUT2D eigenvalue weighted by Gasteiger charge is -2.32. The van der Waals surface area contributed by atoms with Gasteiger partial charge in [0.25, 0.3) is 5.56 Å². The Hall–Kier alpha value is -3.22. The van der Waals surface area contributed by atoms with Crippen LogP contribution in [0, 0.1) is 5.82 Å². The number of nitrogens with zero attached hydrogens (tertiary/aromatic N) is 3. The first-order chi connectivity index (χ1) is 13.6. The lowest BCUT2D eigenvalue weighted by molar-refractivity contribution is -0.131. The van der Waals surface area contributed by atoms with Crippen LogP contribution >= 0.6 is 0 Å². The second-order valence-corrected chi connectivity index (χ2v) is 6.89. The van der Waals surface area contributed by atoms with Gasteiger partial charge >= 0.3 is 0 Å². The zero-order valence-corrected chi connectivity index (χ0v) is 15.3. The molecule has 0 unspecified atom stereocenters. The Balaban J connectivity index is 1.41. The molecule has 0 bridgehead atoms. The molecule has 1 fully saturated rings. The molecule has 28 heavy (non-hydrogen) atoms. The highest BCUT2D eigenvalue weighted by Crippen LogP contribution is 2.23. The van der Waals surface area contributed by atoms with E-state index in [2.05, 4.69) is 5.10 Å². The average molecular weight is 381 g/mol. The van der Waals surface area contributed by atoms with Crippen molar-refractivity contribution >= 4 is 5.91 Å². The summed E-state index contributed by atoms with van der Waals surface area (Å²) in [6.07, 6.45) is 3.13. The maximum Gasteiger partial charge on any atom is 0.267 e. The Bertz CT molecular complexity index is 1000. The molecular weight excluding hydrogens is 361 g/mol. The fourth-order valence-electron chi connectivity index (χ4n) is 3.49. The molecule has 1 saturated heterocycles. The molecule has 1 aliphatic heterocycles. The van der Waals surface area contributed by atoms with Crippen molar-refractivity contribution in [1.29, 1.82) is 0 Å². The number of likely N-dealkylation sites (tertiary alicyclic amines) is 1. The van der Waals surface area contributed by atoms with Crippen LogP contribution in [0.25, 0.3) is 11.5 Å². The van der Waals surface area contributed by atoms with Gasteiger partial charge < -0.3 is 9.32 Å². The summed E-state index contributed by atoms with van der Waals surface area (Å²) in [5, 5.41) is 4.46. The molecule has 0 saturated carbocycles. The van der Waals surface area contributed by atoms with Crippen LogP contribution in [0.15, 0.2) is 64.0 Å². The second-order valence-electron chi connectivity index (χ2n) is 6.89. The van der Waals surface area contributed by atoms with Gasteiger partial charge in [0.05, 0.1) is 18.7 Å². The summed E-state index contributed by atoms with van der Waals surface area (Å²) in [5.74, 6) is 0.307. The van der Waals surface area contributed by atoms with Crippen molar-refractivity contribution in [3.8, 4) is 11.5 Å². The van der Waals surface area contributed by atoms with Crippen LogP contribution in [-0.2, 0) is 11.2 Å². The minimum Gasteiger partial charge on any atom is -0.463 e. The summed E-state index contributed by atoms with van der Waals surface area (Å²) in [6.45, 7) is 1.12. The lowest BCUT2D eigenvalue weighted by Crippen LogP contribution is -2.42. The predicted octanol–water partition coefficient (Wildman–Crippen LogP) is 3.05. The number of amides is 1. The minimum atomic E-state index is -0.313. The van der Waals surface area contributed by atoms with E-state index in [0.29, 0.717) is 37.4 Å². The molecule has 1 aliphatic rings. The van der Waals surface area contributed by atoms with E-state index in [4.69, 9.17) is 4.42 Å². The van der Waals surface area contributed by atoms with Crippen molar-refractivity contribution in [3.63, 3.8) is 0 Å². The average Bonchev–Trinajstić information content (AvgIpc) is 3.25. The quantitative estimate of drug-likeness (QED) is 0.697. The molecule has 0 radical (unpaired) electrons. The Kier molecular flexibility index (Phi) is 5.06. The first kappa shape index (κ1) is 18.2. The summed E-state index contributed by atoms with van der Waals surface area (Å²) >= 11 is 0. The normalized spacial score (nSPS) is 15.0. The Labute approximate surface area is 161 Å². The molecule has 4 rings (SSSR count). The molecule has 7 heteroatoms. The summed E-state index contributed by atoms with van der Waals surface area (Å²) in [4.78, 5) is 26.6. The number of furan rings is 1. The van der Waals surface area contributed by atoms with Crippen LogP contribution in [0.1, 0.15) is 24.4 Å². The molecule has 144 valence electrons. The van der Waals surface area contributed by atoms with Crippen molar-refractivity contribution in [2.24, 2.45) is 0 Å². The van der Waals surface area contributed by atoms with E-state index < -0.39 is 0 Å². The molecular formula is C21H20FN3O3. The van der Waals surface area contributed by atoms with E-state index in [1.165, 1.54) is 22.9 Å². The highest BCUT2D eigenvalue weighted by Gasteiger charge is 2.25. The van der Waals surface area contributed by atoms with Gasteiger partial charge in [-0.3, -0.25) is 9.59 Å². The van der Waals surface area contributed by atoms with Gasteiger partial charge in [-0.2, -0.15) is 5.10 Å². The van der Waals surface area contributed by atoms with Gasteiger partial charge in [-0.05, 0) is 48.7 Å². The van der Waals surface area contributed by atoms with Crippen LogP contribution in [0.3, 0.4) is 0 Å². The number of carbonyl (C=O) groups is 1. The van der Waals surface area contributed by atoms with Crippen molar-refractivity contribution in [1.82, 2.24) is 14.7 Å². The molecule has 0 atom stereocenters. The topological polar surface area (TPSA) is 68.3 Å². The first-order valence-corrected chi connectivity index (χ1v) is 9.26. The molecule has 1 aromatic carbocycles. The van der Waals surface area contributed by atoms with Crippen LogP contribution in [0.2, 0.25) is 0 Å².